The Kier molecular flexibility index (Phi) is 3.17. The van der Waals surface area contributed by atoms with E-state index in [1.165, 1.54) is 12.8 Å². The van der Waals surface area contributed by atoms with Crippen molar-refractivity contribution < 1.29 is 9.84 Å². The van der Waals surface area contributed by atoms with E-state index in [1.54, 1.807) is 0 Å². The van der Waals surface area contributed by atoms with Gasteiger partial charge in [-0.2, -0.15) is 0 Å². The minimum absolute atomic E-state index is 0.109. The quantitative estimate of drug-likeness (QED) is 0.723. The molecular formula is C14H26N2O2. The van der Waals surface area contributed by atoms with Gasteiger partial charge in [0.2, 0.25) is 0 Å². The number of aliphatic hydroxyl groups excluding tert-OH is 1. The molecule has 0 aromatic heterocycles. The van der Waals surface area contributed by atoms with Crippen molar-refractivity contribution in [3.63, 3.8) is 0 Å². The summed E-state index contributed by atoms with van der Waals surface area (Å²) in [5, 5.41) is 13.5. The second-order valence-corrected chi connectivity index (χ2v) is 6.98. The van der Waals surface area contributed by atoms with E-state index < -0.39 is 6.29 Å². The van der Waals surface area contributed by atoms with Crippen LogP contribution in [0.5, 0.6) is 0 Å². The average Bonchev–Trinajstić information content (AvgIpc) is 3.08. The molecule has 3 aliphatic rings. The highest BCUT2D eigenvalue weighted by atomic mass is 16.6. The van der Waals surface area contributed by atoms with Gasteiger partial charge in [-0.05, 0) is 24.7 Å². The zero-order valence-corrected chi connectivity index (χ0v) is 11.8. The molecule has 18 heavy (non-hydrogen) atoms. The van der Waals surface area contributed by atoms with Crippen LogP contribution in [0.15, 0.2) is 0 Å². The second-order valence-electron chi connectivity index (χ2n) is 6.98. The van der Waals surface area contributed by atoms with Crippen LogP contribution in [0.4, 0.5) is 0 Å². The summed E-state index contributed by atoms with van der Waals surface area (Å²) in [5.74, 6) is 1.40. The molecule has 0 amide bonds. The van der Waals surface area contributed by atoms with Crippen LogP contribution >= 0.6 is 0 Å². The number of hydrogen-bond acceptors (Lipinski definition) is 4. The number of fused-ring (bicyclic) bond motifs is 1. The molecule has 0 radical (unpaired) electrons. The molecule has 0 bridgehead atoms. The lowest BCUT2D eigenvalue weighted by atomic mass is 10.0. The maximum absolute atomic E-state index is 9.95. The van der Waals surface area contributed by atoms with Gasteiger partial charge in [-0.25, -0.2) is 0 Å². The molecule has 0 aliphatic carbocycles. The van der Waals surface area contributed by atoms with E-state index in [0.29, 0.717) is 24.0 Å². The lowest BCUT2D eigenvalue weighted by Gasteiger charge is -2.18. The number of rotatable bonds is 5. The molecule has 4 heteroatoms. The summed E-state index contributed by atoms with van der Waals surface area (Å²) in [7, 11) is 0. The maximum Gasteiger partial charge on any atom is 0.173 e. The summed E-state index contributed by atoms with van der Waals surface area (Å²) in [6.45, 7) is 9.00. The van der Waals surface area contributed by atoms with Crippen LogP contribution in [0.25, 0.3) is 0 Å². The molecule has 0 aromatic carbocycles. The lowest BCUT2D eigenvalue weighted by molar-refractivity contribution is -0.118. The highest BCUT2D eigenvalue weighted by Gasteiger charge is 2.66. The summed E-state index contributed by atoms with van der Waals surface area (Å²) in [6, 6.07) is 1.82. The summed E-state index contributed by atoms with van der Waals surface area (Å²) < 4.78 is 5.69. The number of ether oxygens (including phenoxy) is 1. The first-order valence-corrected chi connectivity index (χ1v) is 7.36. The second kappa shape index (κ2) is 4.44. The lowest BCUT2D eigenvalue weighted by Crippen LogP contribution is -2.32. The third-order valence-electron chi connectivity index (χ3n) is 4.37. The number of nitrogens with one attached hydrogen (secondary N) is 1. The van der Waals surface area contributed by atoms with Gasteiger partial charge in [0.25, 0.3) is 0 Å². The number of nitrogens with zero attached hydrogens (tertiary/aromatic N) is 1. The van der Waals surface area contributed by atoms with Crippen molar-refractivity contribution in [3.8, 4) is 0 Å². The van der Waals surface area contributed by atoms with Gasteiger partial charge < -0.3 is 15.2 Å². The van der Waals surface area contributed by atoms with Crippen molar-refractivity contribution in [2.45, 2.75) is 77.2 Å². The molecule has 104 valence electrons. The molecule has 7 atom stereocenters. The third kappa shape index (κ3) is 2.20. The molecule has 3 aliphatic heterocycles. The van der Waals surface area contributed by atoms with Crippen LogP contribution in [0.2, 0.25) is 0 Å². The van der Waals surface area contributed by atoms with Gasteiger partial charge in [-0.15, -0.1) is 0 Å². The minimum Gasteiger partial charge on any atom is -0.366 e. The van der Waals surface area contributed by atoms with Crippen LogP contribution in [-0.2, 0) is 4.74 Å². The van der Waals surface area contributed by atoms with Gasteiger partial charge in [0.05, 0.1) is 12.1 Å². The first kappa shape index (κ1) is 12.9. The molecule has 0 spiro atoms. The van der Waals surface area contributed by atoms with E-state index in [-0.39, 0.29) is 12.3 Å². The molecular weight excluding hydrogens is 228 g/mol. The van der Waals surface area contributed by atoms with E-state index in [2.05, 4.69) is 37.9 Å². The topological polar surface area (TPSA) is 54.4 Å². The Bertz CT molecular complexity index is 321. The fraction of sp³-hybridized carbons (Fsp3) is 1.00. The Hall–Kier alpha value is -0.160. The van der Waals surface area contributed by atoms with Crippen LogP contribution in [0, 0.1) is 11.8 Å². The standard InChI is InChI=1S/C14H26N2O2/c1-7(2)5-9-11(15-9)13-16-10(6-8(3)4)12(16)14(17)18-13/h7-15,17H,5-6H2,1-4H3/t9-,10+,11+,12-,13+,14+,16?/m0/s1. The van der Waals surface area contributed by atoms with Crippen LogP contribution in [0.3, 0.4) is 0 Å². The summed E-state index contributed by atoms with van der Waals surface area (Å²) in [6.07, 6.45) is 1.91. The van der Waals surface area contributed by atoms with Crippen molar-refractivity contribution in [3.05, 3.63) is 0 Å². The van der Waals surface area contributed by atoms with Gasteiger partial charge in [-0.1, -0.05) is 27.7 Å². The fourth-order valence-electron chi connectivity index (χ4n) is 3.52. The Morgan fingerprint density at radius 2 is 1.83 bits per heavy atom. The summed E-state index contributed by atoms with van der Waals surface area (Å²) in [4.78, 5) is 2.38. The van der Waals surface area contributed by atoms with E-state index in [1.807, 2.05) is 0 Å². The van der Waals surface area contributed by atoms with Crippen LogP contribution in [-0.4, -0.2) is 46.7 Å². The van der Waals surface area contributed by atoms with Gasteiger partial charge in [0, 0.05) is 12.1 Å². The van der Waals surface area contributed by atoms with Crippen molar-refractivity contribution in [1.82, 2.24) is 10.2 Å². The van der Waals surface area contributed by atoms with E-state index in [4.69, 9.17) is 4.74 Å². The van der Waals surface area contributed by atoms with Gasteiger partial charge in [0.1, 0.15) is 6.23 Å². The van der Waals surface area contributed by atoms with Gasteiger partial charge in [-0.3, -0.25) is 4.90 Å². The third-order valence-corrected chi connectivity index (χ3v) is 4.37. The van der Waals surface area contributed by atoms with Crippen molar-refractivity contribution >= 4 is 0 Å². The molecule has 3 fully saturated rings. The minimum atomic E-state index is -0.569. The van der Waals surface area contributed by atoms with Crippen molar-refractivity contribution in [1.29, 1.82) is 0 Å². The maximum atomic E-state index is 9.95. The van der Waals surface area contributed by atoms with Gasteiger partial charge >= 0.3 is 0 Å². The van der Waals surface area contributed by atoms with E-state index in [0.717, 1.165) is 5.92 Å². The molecule has 4 nitrogen and oxygen atoms in total. The number of aliphatic hydroxyl groups is 1. The SMILES string of the molecule is CC(C)C[C@@H]1N[C@H]1[C@H]1O[C@@H](O)[C@@H]2[C@@H](CC(C)C)N21. The highest BCUT2D eigenvalue weighted by molar-refractivity contribution is 5.16. The normalized spacial score (nSPS) is 49.8. The zero-order valence-electron chi connectivity index (χ0n) is 11.8. The van der Waals surface area contributed by atoms with Crippen molar-refractivity contribution in [2.24, 2.45) is 11.8 Å². The van der Waals surface area contributed by atoms with Gasteiger partial charge in [0.15, 0.2) is 6.29 Å². The number of hydrogen-bond donors (Lipinski definition) is 2. The Morgan fingerprint density at radius 3 is 2.44 bits per heavy atom. The molecule has 2 N–H and O–H groups in total. The van der Waals surface area contributed by atoms with Crippen molar-refractivity contribution in [2.75, 3.05) is 0 Å². The molecule has 3 saturated heterocycles. The first-order valence-electron chi connectivity index (χ1n) is 7.36. The predicted octanol–water partition coefficient (Wildman–Crippen LogP) is 1.15. The first-order chi connectivity index (χ1) is 8.49. The van der Waals surface area contributed by atoms with Crippen LogP contribution < -0.4 is 5.32 Å². The zero-order chi connectivity index (χ0) is 13.0. The monoisotopic (exact) mass is 254 g/mol. The highest BCUT2D eigenvalue weighted by Crippen LogP contribution is 2.47. The molecule has 0 aromatic rings. The Balaban J connectivity index is 1.56. The van der Waals surface area contributed by atoms with E-state index >= 15 is 0 Å². The molecule has 0 saturated carbocycles. The van der Waals surface area contributed by atoms with E-state index in [9.17, 15) is 5.11 Å². The smallest absolute Gasteiger partial charge is 0.173 e. The van der Waals surface area contributed by atoms with Crippen LogP contribution in [0.1, 0.15) is 40.5 Å². The average molecular weight is 254 g/mol. The molecule has 1 unspecified atom stereocenters. The Labute approximate surface area is 110 Å². The summed E-state index contributed by atoms with van der Waals surface area (Å²) >= 11 is 0. The molecule has 3 rings (SSSR count). The largest absolute Gasteiger partial charge is 0.366 e. The predicted molar refractivity (Wildman–Crippen MR) is 69.9 cm³/mol. The fourth-order valence-corrected chi connectivity index (χ4v) is 3.52. The molecule has 3 heterocycles. The Morgan fingerprint density at radius 1 is 1.17 bits per heavy atom. The summed E-state index contributed by atoms with van der Waals surface area (Å²) in [5.41, 5.74) is 0.